The Morgan fingerprint density at radius 3 is 1.30 bits per heavy atom. The van der Waals surface area contributed by atoms with E-state index in [-0.39, 0.29) is 23.2 Å². The van der Waals surface area contributed by atoms with Crippen LogP contribution in [-0.4, -0.2) is 22.2 Å². The van der Waals surface area contributed by atoms with Crippen LogP contribution in [0.4, 0.5) is 0 Å². The molecular formula is C4H7FeNO4. The summed E-state index contributed by atoms with van der Waals surface area (Å²) in [7, 11) is 0. The number of carbonyl (C=O) groups is 2. The number of carboxylic acids is 2. The van der Waals surface area contributed by atoms with Crippen LogP contribution in [0.5, 0.6) is 0 Å². The number of rotatable bonds is 2. The third-order valence-corrected chi connectivity index (χ3v) is 0.368. The molecule has 0 saturated heterocycles. The van der Waals surface area contributed by atoms with E-state index in [2.05, 4.69) is 0 Å². The van der Waals surface area contributed by atoms with E-state index in [0.717, 1.165) is 0 Å². The van der Waals surface area contributed by atoms with E-state index in [1.54, 1.807) is 0 Å². The van der Waals surface area contributed by atoms with Crippen molar-refractivity contribution in [3.05, 3.63) is 12.2 Å². The van der Waals surface area contributed by atoms with Crippen LogP contribution in [0.2, 0.25) is 0 Å². The molecular weight excluding hydrogens is 182 g/mol. The first-order chi connectivity index (χ1) is 3.63. The third-order valence-electron chi connectivity index (χ3n) is 0.368. The van der Waals surface area contributed by atoms with Gasteiger partial charge in [-0.2, -0.15) is 0 Å². The van der Waals surface area contributed by atoms with Crippen molar-refractivity contribution in [3.8, 4) is 0 Å². The molecule has 0 heterocycles. The maximum atomic E-state index is 9.55. The minimum Gasteiger partial charge on any atom is -0.478 e. The second-order valence-corrected chi connectivity index (χ2v) is 1.01. The van der Waals surface area contributed by atoms with Crippen LogP contribution in [-0.2, 0) is 26.7 Å². The van der Waals surface area contributed by atoms with Crippen LogP contribution in [0.1, 0.15) is 0 Å². The molecule has 0 aliphatic rings. The fourth-order valence-corrected chi connectivity index (χ4v) is 0.143. The molecule has 0 atom stereocenters. The van der Waals surface area contributed by atoms with Gasteiger partial charge in [-0.05, 0) is 0 Å². The van der Waals surface area contributed by atoms with Gasteiger partial charge in [-0.25, -0.2) is 9.59 Å². The Kier molecular flexibility index (Phi) is 13.1. The van der Waals surface area contributed by atoms with Crippen LogP contribution in [0.15, 0.2) is 12.2 Å². The SMILES string of the molecule is N.O=C(O)C=CC(=O)O.[Fe]. The summed E-state index contributed by atoms with van der Waals surface area (Å²) in [5.74, 6) is -2.51. The van der Waals surface area contributed by atoms with E-state index in [0.29, 0.717) is 12.2 Å². The van der Waals surface area contributed by atoms with Crippen LogP contribution >= 0.6 is 0 Å². The van der Waals surface area contributed by atoms with Crippen LogP contribution in [0.25, 0.3) is 0 Å². The Morgan fingerprint density at radius 1 is 1.00 bits per heavy atom. The summed E-state index contributed by atoms with van der Waals surface area (Å²) in [6, 6.07) is 0. The summed E-state index contributed by atoms with van der Waals surface area (Å²) in [5, 5.41) is 15.6. The van der Waals surface area contributed by atoms with Gasteiger partial charge in [0, 0.05) is 29.2 Å². The Bertz CT molecular complexity index is 128. The quantitative estimate of drug-likeness (QED) is 0.414. The summed E-state index contributed by atoms with van der Waals surface area (Å²) >= 11 is 0. The fourth-order valence-electron chi connectivity index (χ4n) is 0.143. The molecule has 0 saturated carbocycles. The number of hydrogen-bond acceptors (Lipinski definition) is 3. The Morgan fingerprint density at radius 2 is 1.20 bits per heavy atom. The van der Waals surface area contributed by atoms with Crippen LogP contribution in [0.3, 0.4) is 0 Å². The van der Waals surface area contributed by atoms with Gasteiger partial charge in [-0.15, -0.1) is 0 Å². The van der Waals surface area contributed by atoms with E-state index in [1.165, 1.54) is 0 Å². The maximum absolute atomic E-state index is 9.55. The molecule has 0 spiro atoms. The van der Waals surface area contributed by atoms with E-state index >= 15 is 0 Å². The van der Waals surface area contributed by atoms with E-state index in [4.69, 9.17) is 10.2 Å². The molecule has 0 aliphatic carbocycles. The third kappa shape index (κ3) is 15.7. The van der Waals surface area contributed by atoms with Crippen molar-refractivity contribution in [2.24, 2.45) is 0 Å². The maximum Gasteiger partial charge on any atom is 0.328 e. The zero-order chi connectivity index (χ0) is 6.57. The standard InChI is InChI=1S/C4H4O4.Fe.H3N/c5-3(6)1-2-4(7)8;;/h1-2H,(H,5,6)(H,7,8);;1H3. The molecule has 60 valence electrons. The van der Waals surface area contributed by atoms with E-state index in [9.17, 15) is 9.59 Å². The van der Waals surface area contributed by atoms with Gasteiger partial charge < -0.3 is 16.4 Å². The van der Waals surface area contributed by atoms with Gasteiger partial charge in [0.05, 0.1) is 0 Å². The average molecular weight is 189 g/mol. The first-order valence-corrected chi connectivity index (χ1v) is 1.77. The Labute approximate surface area is 67.8 Å². The van der Waals surface area contributed by atoms with Crippen molar-refractivity contribution in [3.63, 3.8) is 0 Å². The summed E-state index contributed by atoms with van der Waals surface area (Å²) < 4.78 is 0. The zero-order valence-corrected chi connectivity index (χ0v) is 6.03. The van der Waals surface area contributed by atoms with Crippen LogP contribution in [0, 0.1) is 0 Å². The predicted octanol–water partition coefficient (Wildman–Crippen LogP) is -0.129. The van der Waals surface area contributed by atoms with E-state index in [1.807, 2.05) is 0 Å². The summed E-state index contributed by atoms with van der Waals surface area (Å²) in [4.78, 5) is 19.1. The molecule has 0 amide bonds. The minimum absolute atomic E-state index is 0. The molecule has 6 heteroatoms. The van der Waals surface area contributed by atoms with Crippen molar-refractivity contribution in [2.75, 3.05) is 0 Å². The first-order valence-electron chi connectivity index (χ1n) is 1.77. The number of hydrogen-bond donors (Lipinski definition) is 3. The van der Waals surface area contributed by atoms with Gasteiger partial charge in [0.15, 0.2) is 0 Å². The Balaban J connectivity index is -0.000000245. The van der Waals surface area contributed by atoms with Gasteiger partial charge >= 0.3 is 11.9 Å². The van der Waals surface area contributed by atoms with Gasteiger partial charge in [0.2, 0.25) is 0 Å². The van der Waals surface area contributed by atoms with Gasteiger partial charge in [0.25, 0.3) is 0 Å². The molecule has 0 aliphatic heterocycles. The molecule has 0 aromatic rings. The van der Waals surface area contributed by atoms with Crippen LogP contribution < -0.4 is 6.15 Å². The molecule has 0 radical (unpaired) electrons. The van der Waals surface area contributed by atoms with Gasteiger partial charge in [-0.3, -0.25) is 0 Å². The topological polar surface area (TPSA) is 110 Å². The summed E-state index contributed by atoms with van der Waals surface area (Å²) in [5.41, 5.74) is 0. The average Bonchev–Trinajstić information content (AvgIpc) is 1.61. The summed E-state index contributed by atoms with van der Waals surface area (Å²) in [6.45, 7) is 0. The molecule has 5 N–H and O–H groups in total. The molecule has 0 aromatic carbocycles. The Hall–Kier alpha value is -0.841. The molecule has 10 heavy (non-hydrogen) atoms. The zero-order valence-electron chi connectivity index (χ0n) is 4.93. The van der Waals surface area contributed by atoms with Crippen molar-refractivity contribution in [1.29, 1.82) is 0 Å². The number of carboxylic acid groups (broad SMARTS) is 2. The minimum atomic E-state index is -1.26. The van der Waals surface area contributed by atoms with Crippen molar-refractivity contribution in [1.82, 2.24) is 6.15 Å². The monoisotopic (exact) mass is 189 g/mol. The molecule has 0 unspecified atom stereocenters. The molecule has 0 rings (SSSR count). The smallest absolute Gasteiger partial charge is 0.328 e. The van der Waals surface area contributed by atoms with Gasteiger partial charge in [0.1, 0.15) is 0 Å². The first kappa shape index (κ1) is 16.1. The second kappa shape index (κ2) is 8.16. The number of aliphatic carboxylic acids is 2. The molecule has 5 nitrogen and oxygen atoms in total. The molecule has 0 fully saturated rings. The molecule has 0 aromatic heterocycles. The molecule has 0 bridgehead atoms. The largest absolute Gasteiger partial charge is 0.478 e. The van der Waals surface area contributed by atoms with Crippen molar-refractivity contribution >= 4 is 11.9 Å². The van der Waals surface area contributed by atoms with E-state index < -0.39 is 11.9 Å². The van der Waals surface area contributed by atoms with Crippen molar-refractivity contribution in [2.45, 2.75) is 0 Å². The van der Waals surface area contributed by atoms with Gasteiger partial charge in [-0.1, -0.05) is 0 Å². The predicted molar refractivity (Wildman–Crippen MR) is 29.4 cm³/mol. The van der Waals surface area contributed by atoms with Crippen molar-refractivity contribution < 1.29 is 36.9 Å². The summed E-state index contributed by atoms with van der Waals surface area (Å²) in [6.07, 6.45) is 1.12. The second-order valence-electron chi connectivity index (χ2n) is 1.01. The fraction of sp³-hybridized carbons (Fsp3) is 0. The normalized spacial score (nSPS) is 7.60.